The molecule has 8 nitrogen and oxygen atoms in total. The third-order valence-corrected chi connectivity index (χ3v) is 4.01. The smallest absolute Gasteiger partial charge is 0.232 e. The maximum absolute atomic E-state index is 10.7. The summed E-state index contributed by atoms with van der Waals surface area (Å²) in [5.74, 6) is 1.18. The van der Waals surface area contributed by atoms with E-state index in [2.05, 4.69) is 19.7 Å². The third kappa shape index (κ3) is 3.73. The van der Waals surface area contributed by atoms with Crippen molar-refractivity contribution in [3.05, 3.63) is 42.5 Å². The molecule has 0 spiro atoms. The Kier molecular flexibility index (Phi) is 5.17. The van der Waals surface area contributed by atoms with E-state index in [0.29, 0.717) is 22.9 Å². The molecule has 1 aromatic carbocycles. The Labute approximate surface area is 146 Å². The number of methoxy groups -OCH3 is 2. The lowest BCUT2D eigenvalue weighted by molar-refractivity contribution is 0.356. The van der Waals surface area contributed by atoms with Crippen LogP contribution in [-0.4, -0.2) is 37.9 Å². The Morgan fingerprint density at radius 1 is 1.12 bits per heavy atom. The maximum atomic E-state index is 10.7. The number of hydrogen-bond donors (Lipinski definition) is 2. The Morgan fingerprint density at radius 3 is 2.52 bits per heavy atom. The van der Waals surface area contributed by atoms with Crippen LogP contribution in [-0.2, 0) is 17.8 Å². The molecule has 2 N–H and O–H groups in total. The van der Waals surface area contributed by atoms with E-state index in [1.165, 1.54) is 6.33 Å². The van der Waals surface area contributed by atoms with Gasteiger partial charge in [-0.2, -0.15) is 0 Å². The van der Waals surface area contributed by atoms with Crippen molar-refractivity contribution in [1.29, 1.82) is 0 Å². The molecule has 0 aliphatic carbocycles. The van der Waals surface area contributed by atoms with Gasteiger partial charge < -0.3 is 9.47 Å². The highest BCUT2D eigenvalue weighted by atomic mass is 32.2. The number of fused-ring (bicyclic) bond motifs is 1. The molecular weight excluding hydrogens is 344 g/mol. The molecule has 0 amide bonds. The fraction of sp³-hybridized carbons (Fsp3) is 0.188. The van der Waals surface area contributed by atoms with Crippen LogP contribution in [0.2, 0.25) is 0 Å². The normalized spacial score (nSPS) is 12.1. The predicted molar refractivity (Wildman–Crippen MR) is 93.5 cm³/mol. The molecule has 0 aliphatic rings. The molecule has 25 heavy (non-hydrogen) atoms. The zero-order valence-electron chi connectivity index (χ0n) is 13.6. The van der Waals surface area contributed by atoms with Gasteiger partial charge in [-0.1, -0.05) is 0 Å². The quantitative estimate of drug-likeness (QED) is 0.647. The Morgan fingerprint density at radius 2 is 1.88 bits per heavy atom. The molecular formula is C16H16N4O4S. The summed E-state index contributed by atoms with van der Waals surface area (Å²) in [6.07, 6.45) is 3.14. The van der Waals surface area contributed by atoms with Crippen molar-refractivity contribution in [1.82, 2.24) is 19.7 Å². The maximum Gasteiger partial charge on any atom is 0.232 e. The van der Waals surface area contributed by atoms with Gasteiger partial charge in [-0.3, -0.25) is 9.54 Å². The largest absolute Gasteiger partial charge is 0.493 e. The van der Waals surface area contributed by atoms with E-state index in [4.69, 9.17) is 14.0 Å². The fourth-order valence-electron chi connectivity index (χ4n) is 2.42. The molecule has 3 rings (SSSR count). The molecule has 0 saturated carbocycles. The molecule has 130 valence electrons. The molecule has 0 fully saturated rings. The van der Waals surface area contributed by atoms with Crippen molar-refractivity contribution < 1.29 is 18.2 Å². The second kappa shape index (κ2) is 7.51. The molecule has 1 atom stereocenters. The SMILES string of the molecule is COc1cc2ncnc(-c3ccc(CNS(=O)O)nc3)c2cc1OC. The summed E-state index contributed by atoms with van der Waals surface area (Å²) in [6.45, 7) is 0.193. The van der Waals surface area contributed by atoms with Gasteiger partial charge in [0.1, 0.15) is 6.33 Å². The molecule has 0 saturated heterocycles. The molecule has 0 bridgehead atoms. The standard InChI is InChI=1S/C16H16N4O4S/c1-23-14-5-12-13(6-15(14)24-2)18-9-19-16(12)10-3-4-11(17-7-10)8-20-25(21)22/h3-7,9,20H,8H2,1-2H3,(H,21,22). The van der Waals surface area contributed by atoms with Gasteiger partial charge in [0.15, 0.2) is 11.5 Å². The minimum Gasteiger partial charge on any atom is -0.493 e. The number of aromatic nitrogens is 3. The summed E-state index contributed by atoms with van der Waals surface area (Å²) < 4.78 is 32.4. The number of benzene rings is 1. The summed E-state index contributed by atoms with van der Waals surface area (Å²) in [4.78, 5) is 12.9. The number of nitrogens with one attached hydrogen (secondary N) is 1. The van der Waals surface area contributed by atoms with Crippen LogP contribution in [0.1, 0.15) is 5.69 Å². The van der Waals surface area contributed by atoms with Gasteiger partial charge in [-0.05, 0) is 18.2 Å². The third-order valence-electron chi connectivity index (χ3n) is 3.62. The fourth-order valence-corrected chi connectivity index (χ4v) is 2.69. The Hall–Kier alpha value is -2.62. The van der Waals surface area contributed by atoms with E-state index >= 15 is 0 Å². The Bertz CT molecular complexity index is 918. The average Bonchev–Trinajstić information content (AvgIpc) is 2.65. The van der Waals surface area contributed by atoms with E-state index in [9.17, 15) is 4.21 Å². The van der Waals surface area contributed by atoms with E-state index in [-0.39, 0.29) is 6.54 Å². The molecule has 9 heteroatoms. The summed E-state index contributed by atoms with van der Waals surface area (Å²) in [5, 5.41) is 0.810. The minimum atomic E-state index is -2.07. The monoisotopic (exact) mass is 360 g/mol. The van der Waals surface area contributed by atoms with Gasteiger partial charge in [0.2, 0.25) is 11.3 Å². The lowest BCUT2D eigenvalue weighted by Gasteiger charge is -2.11. The number of pyridine rings is 1. The summed E-state index contributed by atoms with van der Waals surface area (Å²) in [6, 6.07) is 7.24. The van der Waals surface area contributed by atoms with Crippen molar-refractivity contribution in [3.63, 3.8) is 0 Å². The minimum absolute atomic E-state index is 0.193. The van der Waals surface area contributed by atoms with Gasteiger partial charge in [-0.25, -0.2) is 18.9 Å². The predicted octanol–water partition coefficient (Wildman–Crippen LogP) is 1.94. The van der Waals surface area contributed by atoms with Crippen LogP contribution in [0.15, 0.2) is 36.8 Å². The molecule has 3 aromatic rings. The summed E-state index contributed by atoms with van der Waals surface area (Å²) in [5.41, 5.74) is 2.88. The van der Waals surface area contributed by atoms with Crippen LogP contribution in [0.25, 0.3) is 22.2 Å². The zero-order chi connectivity index (χ0) is 17.8. The van der Waals surface area contributed by atoms with Gasteiger partial charge in [0.05, 0.1) is 37.7 Å². The lowest BCUT2D eigenvalue weighted by atomic mass is 10.1. The first-order valence-corrected chi connectivity index (χ1v) is 8.39. The van der Waals surface area contributed by atoms with Crippen LogP contribution >= 0.6 is 0 Å². The number of rotatable bonds is 6. The van der Waals surface area contributed by atoms with E-state index in [1.807, 2.05) is 12.1 Å². The van der Waals surface area contributed by atoms with Crippen LogP contribution in [0, 0.1) is 0 Å². The van der Waals surface area contributed by atoms with E-state index in [0.717, 1.165) is 16.5 Å². The number of nitrogens with zero attached hydrogens (tertiary/aromatic N) is 3. The van der Waals surface area contributed by atoms with Crippen molar-refractivity contribution in [3.8, 4) is 22.8 Å². The average molecular weight is 360 g/mol. The topological polar surface area (TPSA) is 106 Å². The van der Waals surface area contributed by atoms with Gasteiger partial charge in [0, 0.05) is 23.2 Å². The molecule has 2 aromatic heterocycles. The van der Waals surface area contributed by atoms with E-state index in [1.54, 1.807) is 32.5 Å². The highest BCUT2D eigenvalue weighted by Crippen LogP contribution is 2.34. The van der Waals surface area contributed by atoms with Crippen LogP contribution in [0.3, 0.4) is 0 Å². The highest BCUT2D eigenvalue weighted by Gasteiger charge is 2.12. The number of ether oxygens (including phenoxy) is 2. The van der Waals surface area contributed by atoms with Crippen molar-refractivity contribution in [2.75, 3.05) is 14.2 Å². The summed E-state index contributed by atoms with van der Waals surface area (Å²) >= 11 is -2.07. The van der Waals surface area contributed by atoms with Crippen LogP contribution in [0.4, 0.5) is 0 Å². The lowest BCUT2D eigenvalue weighted by Crippen LogP contribution is -2.16. The Balaban J connectivity index is 2.01. The van der Waals surface area contributed by atoms with E-state index < -0.39 is 11.3 Å². The van der Waals surface area contributed by atoms with Crippen molar-refractivity contribution in [2.24, 2.45) is 0 Å². The van der Waals surface area contributed by atoms with Crippen molar-refractivity contribution in [2.45, 2.75) is 6.54 Å². The van der Waals surface area contributed by atoms with Crippen molar-refractivity contribution >= 4 is 22.2 Å². The van der Waals surface area contributed by atoms with Gasteiger partial charge in [0.25, 0.3) is 0 Å². The first-order valence-electron chi connectivity index (χ1n) is 7.28. The second-order valence-corrected chi connectivity index (χ2v) is 5.84. The molecule has 1 unspecified atom stereocenters. The molecule has 2 heterocycles. The number of hydrogen-bond acceptors (Lipinski definition) is 6. The summed E-state index contributed by atoms with van der Waals surface area (Å²) in [7, 11) is 3.14. The molecule has 0 radical (unpaired) electrons. The highest BCUT2D eigenvalue weighted by molar-refractivity contribution is 7.77. The second-order valence-electron chi connectivity index (χ2n) is 5.06. The van der Waals surface area contributed by atoms with Crippen LogP contribution in [0.5, 0.6) is 11.5 Å². The van der Waals surface area contributed by atoms with Crippen LogP contribution < -0.4 is 14.2 Å². The zero-order valence-corrected chi connectivity index (χ0v) is 14.4. The first kappa shape index (κ1) is 17.2. The molecule has 0 aliphatic heterocycles. The first-order chi connectivity index (χ1) is 12.1. The van der Waals surface area contributed by atoms with Gasteiger partial charge >= 0.3 is 0 Å². The van der Waals surface area contributed by atoms with Gasteiger partial charge in [-0.15, -0.1) is 0 Å².